The van der Waals surface area contributed by atoms with Crippen molar-refractivity contribution in [2.24, 2.45) is 0 Å². The zero-order valence-corrected chi connectivity index (χ0v) is 11.2. The van der Waals surface area contributed by atoms with Crippen LogP contribution in [0.3, 0.4) is 0 Å². The van der Waals surface area contributed by atoms with Crippen molar-refractivity contribution in [2.75, 3.05) is 0 Å². The smallest absolute Gasteiger partial charge is 0.122 e. The Morgan fingerprint density at radius 3 is 2.19 bits per heavy atom. The summed E-state index contributed by atoms with van der Waals surface area (Å²) in [6.07, 6.45) is 2.67. The molecule has 0 saturated carbocycles. The summed E-state index contributed by atoms with van der Waals surface area (Å²) in [4.78, 5) is 0. The van der Waals surface area contributed by atoms with E-state index in [1.54, 1.807) is 0 Å². The summed E-state index contributed by atoms with van der Waals surface area (Å²) in [6, 6.07) is 6.60. The van der Waals surface area contributed by atoms with Crippen molar-refractivity contribution in [3.05, 3.63) is 29.3 Å². The third-order valence-electron chi connectivity index (χ3n) is 3.02. The first kappa shape index (κ1) is 13.1. The van der Waals surface area contributed by atoms with Crippen LogP contribution in [0, 0.1) is 6.92 Å². The number of rotatable bonds is 5. The molecule has 0 atom stereocenters. The van der Waals surface area contributed by atoms with E-state index in [0.29, 0.717) is 5.92 Å². The molecule has 0 amide bonds. The average Bonchev–Trinajstić information content (AvgIpc) is 2.23. The van der Waals surface area contributed by atoms with E-state index >= 15 is 0 Å². The van der Waals surface area contributed by atoms with Gasteiger partial charge in [0, 0.05) is 0 Å². The van der Waals surface area contributed by atoms with Crippen molar-refractivity contribution in [1.82, 2.24) is 0 Å². The Hall–Kier alpha value is -0.980. The minimum atomic E-state index is 0.248. The van der Waals surface area contributed by atoms with Gasteiger partial charge in [0.2, 0.25) is 0 Å². The average molecular weight is 220 g/mol. The molecule has 0 heterocycles. The van der Waals surface area contributed by atoms with Crippen molar-refractivity contribution in [3.63, 3.8) is 0 Å². The van der Waals surface area contributed by atoms with Gasteiger partial charge in [-0.2, -0.15) is 0 Å². The summed E-state index contributed by atoms with van der Waals surface area (Å²) in [5, 5.41) is 0. The third kappa shape index (κ3) is 3.26. The fourth-order valence-corrected chi connectivity index (χ4v) is 2.07. The highest BCUT2D eigenvalue weighted by Crippen LogP contribution is 2.28. The lowest BCUT2D eigenvalue weighted by molar-refractivity contribution is 0.240. The van der Waals surface area contributed by atoms with Crippen LogP contribution < -0.4 is 4.74 Å². The minimum absolute atomic E-state index is 0.248. The van der Waals surface area contributed by atoms with Gasteiger partial charge in [-0.3, -0.25) is 0 Å². The molecule has 0 fully saturated rings. The molecule has 1 rings (SSSR count). The Labute approximate surface area is 99.8 Å². The first-order chi connectivity index (χ1) is 7.58. The molecule has 1 nitrogen and oxygen atoms in total. The second-order valence-corrected chi connectivity index (χ2v) is 4.70. The van der Waals surface area contributed by atoms with E-state index in [9.17, 15) is 0 Å². The van der Waals surface area contributed by atoms with Gasteiger partial charge in [0.25, 0.3) is 0 Å². The lowest BCUT2D eigenvalue weighted by Gasteiger charge is -2.17. The molecule has 0 bridgehead atoms. The Balaban J connectivity index is 2.89. The number of hydrogen-bond acceptors (Lipinski definition) is 1. The maximum Gasteiger partial charge on any atom is 0.122 e. The molecule has 1 aromatic rings. The Bertz CT molecular complexity index is 324. The topological polar surface area (TPSA) is 9.23 Å². The van der Waals surface area contributed by atoms with Crippen LogP contribution >= 0.6 is 0 Å². The molecule has 0 N–H and O–H groups in total. The van der Waals surface area contributed by atoms with E-state index in [2.05, 4.69) is 52.8 Å². The van der Waals surface area contributed by atoms with Crippen molar-refractivity contribution >= 4 is 0 Å². The van der Waals surface area contributed by atoms with Gasteiger partial charge in [0.05, 0.1) is 6.10 Å². The van der Waals surface area contributed by atoms with Gasteiger partial charge in [0.1, 0.15) is 5.75 Å². The Morgan fingerprint density at radius 2 is 1.75 bits per heavy atom. The highest BCUT2D eigenvalue weighted by Gasteiger charge is 2.09. The summed E-state index contributed by atoms with van der Waals surface area (Å²) in [5.74, 6) is 1.71. The lowest BCUT2D eigenvalue weighted by Crippen LogP contribution is -2.07. The van der Waals surface area contributed by atoms with Crippen LogP contribution in [0.25, 0.3) is 0 Å². The predicted octanol–water partition coefficient (Wildman–Crippen LogP) is 4.69. The highest BCUT2D eigenvalue weighted by molar-refractivity contribution is 5.37. The molecule has 0 aliphatic heterocycles. The van der Waals surface area contributed by atoms with Crippen LogP contribution in [0.1, 0.15) is 57.6 Å². The minimum Gasteiger partial charge on any atom is -0.491 e. The first-order valence-corrected chi connectivity index (χ1v) is 6.35. The summed E-state index contributed by atoms with van der Waals surface area (Å²) < 4.78 is 5.75. The normalized spacial score (nSPS) is 11.2. The molecule has 0 saturated heterocycles. The van der Waals surface area contributed by atoms with Crippen LogP contribution in [-0.2, 0) is 0 Å². The van der Waals surface area contributed by atoms with Crippen LogP contribution in [0.15, 0.2) is 18.2 Å². The SMILES string of the molecule is CCC(CC)c1ccc(OC(C)C)c(C)c1. The van der Waals surface area contributed by atoms with Crippen LogP contribution in [-0.4, -0.2) is 6.10 Å². The number of hydrogen-bond donors (Lipinski definition) is 0. The van der Waals surface area contributed by atoms with E-state index in [0.717, 1.165) is 5.75 Å². The van der Waals surface area contributed by atoms with Crippen molar-refractivity contribution < 1.29 is 4.74 Å². The molecular formula is C15H24O. The predicted molar refractivity (Wildman–Crippen MR) is 70.3 cm³/mol. The van der Waals surface area contributed by atoms with Crippen LogP contribution in [0.5, 0.6) is 5.75 Å². The summed E-state index contributed by atoms with van der Waals surface area (Å²) in [7, 11) is 0. The van der Waals surface area contributed by atoms with E-state index in [1.807, 2.05) is 0 Å². The van der Waals surface area contributed by atoms with Gasteiger partial charge in [0.15, 0.2) is 0 Å². The second-order valence-electron chi connectivity index (χ2n) is 4.70. The second kappa shape index (κ2) is 5.93. The molecule has 0 spiro atoms. The molecule has 0 unspecified atom stereocenters. The molecule has 0 aromatic heterocycles. The maximum absolute atomic E-state index is 5.75. The molecule has 0 radical (unpaired) electrons. The number of ether oxygens (including phenoxy) is 1. The monoisotopic (exact) mass is 220 g/mol. The fraction of sp³-hybridized carbons (Fsp3) is 0.600. The van der Waals surface area contributed by atoms with Crippen molar-refractivity contribution in [3.8, 4) is 5.75 Å². The van der Waals surface area contributed by atoms with E-state index in [1.165, 1.54) is 24.0 Å². The van der Waals surface area contributed by atoms with Crippen LogP contribution in [0.4, 0.5) is 0 Å². The lowest BCUT2D eigenvalue weighted by atomic mass is 9.93. The quantitative estimate of drug-likeness (QED) is 0.699. The molecule has 1 aromatic carbocycles. The summed E-state index contributed by atoms with van der Waals surface area (Å²) in [6.45, 7) is 10.8. The number of aryl methyl sites for hydroxylation is 1. The molecular weight excluding hydrogens is 196 g/mol. The van der Waals surface area contributed by atoms with Gasteiger partial charge in [-0.25, -0.2) is 0 Å². The maximum atomic E-state index is 5.75. The van der Waals surface area contributed by atoms with Crippen molar-refractivity contribution in [1.29, 1.82) is 0 Å². The third-order valence-corrected chi connectivity index (χ3v) is 3.02. The Kier molecular flexibility index (Phi) is 4.85. The highest BCUT2D eigenvalue weighted by atomic mass is 16.5. The van der Waals surface area contributed by atoms with Crippen molar-refractivity contribution in [2.45, 2.75) is 59.5 Å². The zero-order chi connectivity index (χ0) is 12.1. The summed E-state index contributed by atoms with van der Waals surface area (Å²) >= 11 is 0. The van der Waals surface area contributed by atoms with E-state index in [4.69, 9.17) is 4.74 Å². The Morgan fingerprint density at radius 1 is 1.12 bits per heavy atom. The first-order valence-electron chi connectivity index (χ1n) is 6.35. The fourth-order valence-electron chi connectivity index (χ4n) is 2.07. The molecule has 1 heteroatoms. The van der Waals surface area contributed by atoms with Gasteiger partial charge in [-0.15, -0.1) is 0 Å². The largest absolute Gasteiger partial charge is 0.491 e. The molecule has 0 aliphatic carbocycles. The van der Waals surface area contributed by atoms with Gasteiger partial charge in [-0.05, 0) is 56.7 Å². The molecule has 90 valence electrons. The summed E-state index contributed by atoms with van der Waals surface area (Å²) in [5.41, 5.74) is 2.69. The van der Waals surface area contributed by atoms with E-state index < -0.39 is 0 Å². The zero-order valence-electron chi connectivity index (χ0n) is 11.2. The van der Waals surface area contributed by atoms with Gasteiger partial charge < -0.3 is 4.74 Å². The molecule has 16 heavy (non-hydrogen) atoms. The van der Waals surface area contributed by atoms with Crippen LogP contribution in [0.2, 0.25) is 0 Å². The molecule has 0 aliphatic rings. The van der Waals surface area contributed by atoms with Gasteiger partial charge in [-0.1, -0.05) is 26.0 Å². The standard InChI is InChI=1S/C15H24O/c1-6-13(7-2)14-8-9-15(12(5)10-14)16-11(3)4/h8-11,13H,6-7H2,1-5H3. The van der Waals surface area contributed by atoms with Gasteiger partial charge >= 0.3 is 0 Å². The number of benzene rings is 1. The van der Waals surface area contributed by atoms with E-state index in [-0.39, 0.29) is 6.10 Å².